The van der Waals surface area contributed by atoms with Crippen molar-refractivity contribution in [2.24, 2.45) is 0 Å². The number of nitrogens with zero attached hydrogens (tertiary/aromatic N) is 1. The summed E-state index contributed by atoms with van der Waals surface area (Å²) in [6, 6.07) is 9.58. The summed E-state index contributed by atoms with van der Waals surface area (Å²) in [5.41, 5.74) is 3.92. The van der Waals surface area contributed by atoms with Gasteiger partial charge in [-0.2, -0.15) is 0 Å². The van der Waals surface area contributed by atoms with Gasteiger partial charge < -0.3 is 15.0 Å². The number of benzene rings is 2. The molecule has 2 aromatic carbocycles. The summed E-state index contributed by atoms with van der Waals surface area (Å²) in [4.78, 5) is 28.2. The van der Waals surface area contributed by atoms with Crippen LogP contribution in [0, 0.1) is 26.6 Å². The molecule has 6 heteroatoms. The summed E-state index contributed by atoms with van der Waals surface area (Å²) in [6.07, 6.45) is 5.86. The van der Waals surface area contributed by atoms with Gasteiger partial charge in [0.1, 0.15) is 17.6 Å². The molecular weight excluding hydrogens is 431 g/mol. The van der Waals surface area contributed by atoms with E-state index in [-0.39, 0.29) is 36.8 Å². The Bertz CT molecular complexity index is 984. The average Bonchev–Trinajstić information content (AvgIpc) is 2.82. The summed E-state index contributed by atoms with van der Waals surface area (Å²) in [6.45, 7) is 7.93. The van der Waals surface area contributed by atoms with Crippen LogP contribution in [0.4, 0.5) is 4.39 Å². The molecule has 1 saturated carbocycles. The fourth-order valence-electron chi connectivity index (χ4n) is 4.62. The minimum atomic E-state index is -0.622. The second-order valence-corrected chi connectivity index (χ2v) is 9.41. The quantitative estimate of drug-likeness (QED) is 0.537. The second kappa shape index (κ2) is 12.0. The van der Waals surface area contributed by atoms with Crippen LogP contribution in [0.5, 0.6) is 5.75 Å². The molecule has 2 amide bonds. The highest BCUT2D eigenvalue weighted by molar-refractivity contribution is 5.88. The molecule has 3 rings (SSSR count). The summed E-state index contributed by atoms with van der Waals surface area (Å²) >= 11 is 0. The molecule has 5 nitrogen and oxygen atoms in total. The normalized spacial score (nSPS) is 15.0. The van der Waals surface area contributed by atoms with Gasteiger partial charge in [-0.3, -0.25) is 9.59 Å². The van der Waals surface area contributed by atoms with Crippen molar-refractivity contribution in [1.29, 1.82) is 0 Å². The number of nitrogens with one attached hydrogen (secondary N) is 1. The van der Waals surface area contributed by atoms with Gasteiger partial charge in [-0.05, 0) is 80.5 Å². The highest BCUT2D eigenvalue weighted by Gasteiger charge is 2.30. The van der Waals surface area contributed by atoms with Crippen molar-refractivity contribution >= 4 is 11.8 Å². The number of rotatable bonds is 9. The molecule has 1 aliphatic carbocycles. The third kappa shape index (κ3) is 6.81. The maximum Gasteiger partial charge on any atom is 0.261 e. The first kappa shape index (κ1) is 25.7. The van der Waals surface area contributed by atoms with Crippen LogP contribution in [0.1, 0.15) is 67.7 Å². The molecule has 1 aliphatic rings. The predicted octanol–water partition coefficient (Wildman–Crippen LogP) is 5.39. The molecule has 0 spiro atoms. The van der Waals surface area contributed by atoms with Crippen molar-refractivity contribution in [3.8, 4) is 5.75 Å². The average molecular weight is 469 g/mol. The Balaban J connectivity index is 1.78. The van der Waals surface area contributed by atoms with Crippen molar-refractivity contribution in [1.82, 2.24) is 10.2 Å². The minimum absolute atomic E-state index is 0.132. The Hall–Kier alpha value is -2.89. The van der Waals surface area contributed by atoms with Gasteiger partial charge >= 0.3 is 0 Å². The topological polar surface area (TPSA) is 58.6 Å². The lowest BCUT2D eigenvalue weighted by Gasteiger charge is -2.32. The van der Waals surface area contributed by atoms with Crippen LogP contribution in [-0.2, 0) is 16.1 Å². The molecule has 184 valence electrons. The zero-order chi connectivity index (χ0) is 24.7. The maximum absolute atomic E-state index is 13.4. The molecule has 0 aromatic heterocycles. The molecular formula is C28H37FN2O3. The fraction of sp³-hybridized carbons (Fsp3) is 0.500. The maximum atomic E-state index is 13.4. The molecule has 1 atom stereocenters. The van der Waals surface area contributed by atoms with Gasteiger partial charge in [0, 0.05) is 12.6 Å². The van der Waals surface area contributed by atoms with E-state index < -0.39 is 6.04 Å². The highest BCUT2D eigenvalue weighted by atomic mass is 19.1. The number of hydrogen-bond acceptors (Lipinski definition) is 3. The number of amides is 2. The molecule has 0 radical (unpaired) electrons. The van der Waals surface area contributed by atoms with Gasteiger partial charge in [0.25, 0.3) is 5.91 Å². The van der Waals surface area contributed by atoms with Gasteiger partial charge in [0.2, 0.25) is 5.91 Å². The van der Waals surface area contributed by atoms with Crippen LogP contribution in [0.15, 0.2) is 36.4 Å². The van der Waals surface area contributed by atoms with Crippen LogP contribution < -0.4 is 10.1 Å². The smallest absolute Gasteiger partial charge is 0.261 e. The van der Waals surface area contributed by atoms with Crippen LogP contribution in [-0.4, -0.2) is 35.4 Å². The van der Waals surface area contributed by atoms with Crippen LogP contribution in [0.3, 0.4) is 0 Å². The van der Waals surface area contributed by atoms with E-state index >= 15 is 0 Å². The van der Waals surface area contributed by atoms with Crippen LogP contribution in [0.25, 0.3) is 0 Å². The lowest BCUT2D eigenvalue weighted by molar-refractivity contribution is -0.143. The number of hydrogen-bond donors (Lipinski definition) is 1. The van der Waals surface area contributed by atoms with E-state index in [9.17, 15) is 14.0 Å². The van der Waals surface area contributed by atoms with E-state index in [0.717, 1.165) is 47.9 Å². The van der Waals surface area contributed by atoms with Crippen molar-refractivity contribution in [3.05, 3.63) is 64.5 Å². The summed E-state index contributed by atoms with van der Waals surface area (Å²) in [5, 5.41) is 3.16. The Morgan fingerprint density at radius 1 is 1.09 bits per heavy atom. The van der Waals surface area contributed by atoms with Crippen molar-refractivity contribution in [2.45, 2.75) is 84.8 Å². The van der Waals surface area contributed by atoms with Crippen LogP contribution in [0.2, 0.25) is 0 Å². The van der Waals surface area contributed by atoms with E-state index in [4.69, 9.17) is 4.74 Å². The SMILES string of the molecule is CCC(C(=O)NC1CCCCC1)N(Cc1ccc(F)cc1)C(=O)COc1cc(C)cc(C)c1C. The molecule has 2 aromatic rings. The molecule has 0 saturated heterocycles. The zero-order valence-corrected chi connectivity index (χ0v) is 20.8. The Labute approximate surface area is 202 Å². The van der Waals surface area contributed by atoms with Gasteiger partial charge in [-0.1, -0.05) is 44.4 Å². The Kier molecular flexibility index (Phi) is 9.08. The number of carbonyl (C=O) groups excluding carboxylic acids is 2. The summed E-state index contributed by atoms with van der Waals surface area (Å²) in [7, 11) is 0. The molecule has 1 unspecified atom stereocenters. The fourth-order valence-corrected chi connectivity index (χ4v) is 4.62. The lowest BCUT2D eigenvalue weighted by Crippen LogP contribution is -2.52. The first-order chi connectivity index (χ1) is 16.3. The van der Waals surface area contributed by atoms with Crippen LogP contribution >= 0.6 is 0 Å². The van der Waals surface area contributed by atoms with E-state index in [1.807, 2.05) is 33.8 Å². The number of aryl methyl sites for hydroxylation is 2. The first-order valence-electron chi connectivity index (χ1n) is 12.3. The van der Waals surface area contributed by atoms with Crippen molar-refractivity contribution in [2.75, 3.05) is 6.61 Å². The Morgan fingerprint density at radius 2 is 1.76 bits per heavy atom. The van der Waals surface area contributed by atoms with Crippen molar-refractivity contribution in [3.63, 3.8) is 0 Å². The highest BCUT2D eigenvalue weighted by Crippen LogP contribution is 2.24. The van der Waals surface area contributed by atoms with Gasteiger partial charge in [-0.15, -0.1) is 0 Å². The summed E-state index contributed by atoms with van der Waals surface area (Å²) in [5.74, 6) is -0.0643. The molecule has 0 aliphatic heterocycles. The second-order valence-electron chi connectivity index (χ2n) is 9.41. The molecule has 1 fully saturated rings. The third-order valence-electron chi connectivity index (χ3n) is 6.72. The zero-order valence-electron chi connectivity index (χ0n) is 20.8. The Morgan fingerprint density at radius 3 is 2.41 bits per heavy atom. The number of halogens is 1. The molecule has 0 bridgehead atoms. The number of carbonyl (C=O) groups is 2. The van der Waals surface area contributed by atoms with Crippen molar-refractivity contribution < 1.29 is 18.7 Å². The predicted molar refractivity (Wildman–Crippen MR) is 132 cm³/mol. The molecule has 34 heavy (non-hydrogen) atoms. The first-order valence-corrected chi connectivity index (χ1v) is 12.3. The van der Waals surface area contributed by atoms with E-state index in [2.05, 4.69) is 11.4 Å². The minimum Gasteiger partial charge on any atom is -0.483 e. The third-order valence-corrected chi connectivity index (χ3v) is 6.72. The van der Waals surface area contributed by atoms with Gasteiger partial charge in [-0.25, -0.2) is 4.39 Å². The lowest BCUT2D eigenvalue weighted by atomic mass is 9.95. The monoisotopic (exact) mass is 468 g/mol. The standard InChI is InChI=1S/C28H37FN2O3/c1-5-25(28(33)30-24-9-7-6-8-10-24)31(17-22-11-13-23(29)14-12-22)27(32)18-34-26-16-19(2)15-20(3)21(26)4/h11-16,24-25H,5-10,17-18H2,1-4H3,(H,30,33). The van der Waals surface area contributed by atoms with E-state index in [1.54, 1.807) is 17.0 Å². The largest absolute Gasteiger partial charge is 0.483 e. The van der Waals surface area contributed by atoms with E-state index in [1.165, 1.54) is 18.6 Å². The number of ether oxygens (including phenoxy) is 1. The molecule has 0 heterocycles. The van der Waals surface area contributed by atoms with Gasteiger partial charge in [0.15, 0.2) is 6.61 Å². The van der Waals surface area contributed by atoms with Gasteiger partial charge in [0.05, 0.1) is 0 Å². The summed E-state index contributed by atoms with van der Waals surface area (Å²) < 4.78 is 19.4. The molecule has 1 N–H and O–H groups in total. The van der Waals surface area contributed by atoms with E-state index in [0.29, 0.717) is 12.2 Å².